The second-order valence-electron chi connectivity index (χ2n) is 13.6. The number of aromatic nitrogens is 1. The van der Waals surface area contributed by atoms with Crippen molar-refractivity contribution in [3.05, 3.63) is 76.4 Å². The zero-order valence-corrected chi connectivity index (χ0v) is 28.4. The monoisotopic (exact) mass is 686 g/mol. The number of benzene rings is 1. The number of esters is 2. The lowest BCUT2D eigenvalue weighted by molar-refractivity contribution is -0.171. The number of ether oxygens (including phenoxy) is 2. The maximum Gasteiger partial charge on any atom is 0.332 e. The van der Waals surface area contributed by atoms with E-state index in [0.29, 0.717) is 23.0 Å². The summed E-state index contributed by atoms with van der Waals surface area (Å²) in [5.41, 5.74) is -0.744. The van der Waals surface area contributed by atoms with E-state index in [4.69, 9.17) is 9.15 Å². The van der Waals surface area contributed by atoms with Crippen LogP contribution in [0.25, 0.3) is 11.0 Å². The summed E-state index contributed by atoms with van der Waals surface area (Å²) in [6.45, 7) is 1.37. The number of nitrogens with zero attached hydrogens (tertiary/aromatic N) is 1. The fourth-order valence-corrected chi connectivity index (χ4v) is 8.48. The molecule has 1 atom stereocenters. The van der Waals surface area contributed by atoms with Gasteiger partial charge < -0.3 is 34.4 Å². The first-order valence-electron chi connectivity index (χ1n) is 17.0. The number of para-hydroxylation sites is 1. The van der Waals surface area contributed by atoms with Crippen LogP contribution in [-0.4, -0.2) is 60.0 Å². The van der Waals surface area contributed by atoms with Gasteiger partial charge in [-0.15, -0.1) is 0 Å². The van der Waals surface area contributed by atoms with E-state index in [0.717, 1.165) is 35.6 Å². The lowest BCUT2D eigenvalue weighted by atomic mass is 9.48. The largest absolute Gasteiger partial charge is 0.467 e. The Kier molecular flexibility index (Phi) is 9.94. The maximum absolute atomic E-state index is 13.6. The van der Waals surface area contributed by atoms with Gasteiger partial charge in [0.05, 0.1) is 14.2 Å². The van der Waals surface area contributed by atoms with Crippen LogP contribution in [0.5, 0.6) is 0 Å². The highest BCUT2D eigenvalue weighted by molar-refractivity contribution is 6.03. The van der Waals surface area contributed by atoms with Gasteiger partial charge in [0.2, 0.25) is 11.8 Å². The number of carbonyl (C=O) groups excluding carboxylic acids is 5. The van der Waals surface area contributed by atoms with Crippen molar-refractivity contribution in [3.8, 4) is 0 Å². The molecule has 3 amide bonds. The summed E-state index contributed by atoms with van der Waals surface area (Å²) in [5.74, 6) is -1.71. The molecule has 7 rings (SSSR count). The molecule has 0 unspecified atom stereocenters. The van der Waals surface area contributed by atoms with Crippen LogP contribution in [0, 0.1) is 30.6 Å². The smallest absolute Gasteiger partial charge is 0.332 e. The van der Waals surface area contributed by atoms with Crippen molar-refractivity contribution in [2.75, 3.05) is 19.5 Å². The molecule has 1 aromatic carbocycles. The van der Waals surface area contributed by atoms with Crippen LogP contribution in [0.1, 0.15) is 61.1 Å². The second-order valence-corrected chi connectivity index (χ2v) is 13.6. The van der Waals surface area contributed by atoms with Crippen LogP contribution < -0.4 is 21.5 Å². The number of hydrogen-bond acceptors (Lipinski definition) is 9. The highest BCUT2D eigenvalue weighted by Gasteiger charge is 2.62. The van der Waals surface area contributed by atoms with Gasteiger partial charge in [0.1, 0.15) is 29.4 Å². The number of furan rings is 1. The Balaban J connectivity index is 1.17. The molecule has 3 aromatic rings. The number of carbonyl (C=O) groups is 5. The topological polar surface area (TPSA) is 175 Å². The van der Waals surface area contributed by atoms with Gasteiger partial charge in [-0.1, -0.05) is 24.3 Å². The normalized spacial score (nSPS) is 24.1. The summed E-state index contributed by atoms with van der Waals surface area (Å²) >= 11 is 0. The first-order valence-corrected chi connectivity index (χ1v) is 17.0. The van der Waals surface area contributed by atoms with Crippen molar-refractivity contribution in [1.29, 1.82) is 0 Å². The number of methoxy groups -OCH3 is 2. The van der Waals surface area contributed by atoms with Crippen molar-refractivity contribution < 1.29 is 37.9 Å². The third-order valence-electron chi connectivity index (χ3n) is 10.6. The van der Waals surface area contributed by atoms with Crippen LogP contribution in [-0.2, 0) is 35.2 Å². The van der Waals surface area contributed by atoms with Crippen molar-refractivity contribution in [1.82, 2.24) is 15.2 Å². The molecule has 13 nitrogen and oxygen atoms in total. The van der Waals surface area contributed by atoms with Gasteiger partial charge in [0.15, 0.2) is 5.76 Å². The molecule has 4 saturated carbocycles. The van der Waals surface area contributed by atoms with Gasteiger partial charge in [0, 0.05) is 23.2 Å². The summed E-state index contributed by atoms with van der Waals surface area (Å²) in [5, 5.41) is 9.08. The molecule has 0 aliphatic heterocycles. The third kappa shape index (κ3) is 6.68. The van der Waals surface area contributed by atoms with Crippen molar-refractivity contribution in [3.63, 3.8) is 0 Å². The average Bonchev–Trinajstić information content (AvgIpc) is 3.44. The van der Waals surface area contributed by atoms with E-state index < -0.39 is 46.8 Å². The quantitative estimate of drug-likeness (QED) is 0.190. The Morgan fingerprint density at radius 2 is 1.68 bits per heavy atom. The molecular formula is C37H42N4O9. The molecule has 13 heteroatoms. The molecule has 0 radical (unpaired) electrons. The van der Waals surface area contributed by atoms with Crippen LogP contribution in [0.2, 0.25) is 0 Å². The molecule has 3 N–H and O–H groups in total. The Hall–Kier alpha value is -5.20. The maximum atomic E-state index is 13.6. The summed E-state index contributed by atoms with van der Waals surface area (Å²) in [6.07, 6.45) is 9.06. The molecule has 2 heterocycles. The van der Waals surface area contributed by atoms with Gasteiger partial charge in [-0.05, 0) is 93.7 Å². The molecule has 4 fully saturated rings. The predicted molar refractivity (Wildman–Crippen MR) is 182 cm³/mol. The van der Waals surface area contributed by atoms with Gasteiger partial charge in [-0.3, -0.25) is 19.2 Å². The average molecular weight is 687 g/mol. The number of amides is 3. The summed E-state index contributed by atoms with van der Waals surface area (Å²) in [6, 6.07) is 8.96. The molecule has 0 spiro atoms. The Labute approximate surface area is 288 Å². The Morgan fingerprint density at radius 1 is 0.980 bits per heavy atom. The molecule has 264 valence electrons. The van der Waals surface area contributed by atoms with Crippen molar-refractivity contribution in [2.45, 2.75) is 70.0 Å². The van der Waals surface area contributed by atoms with E-state index in [1.165, 1.54) is 51.1 Å². The first kappa shape index (κ1) is 34.7. The number of aryl methyl sites for hydroxylation is 1. The van der Waals surface area contributed by atoms with Crippen LogP contribution >= 0.6 is 0 Å². The van der Waals surface area contributed by atoms with Crippen molar-refractivity contribution in [2.24, 2.45) is 23.7 Å². The fourth-order valence-electron chi connectivity index (χ4n) is 8.48. The number of pyridine rings is 1. The summed E-state index contributed by atoms with van der Waals surface area (Å²) in [4.78, 5) is 78.9. The Bertz CT molecular complexity index is 1880. The van der Waals surface area contributed by atoms with Gasteiger partial charge in [-0.25, -0.2) is 9.59 Å². The van der Waals surface area contributed by atoms with Crippen LogP contribution in [0.3, 0.4) is 0 Å². The number of anilines is 1. The third-order valence-corrected chi connectivity index (χ3v) is 10.6. The highest BCUT2D eigenvalue weighted by Crippen LogP contribution is 2.58. The van der Waals surface area contributed by atoms with Gasteiger partial charge in [-0.2, -0.15) is 0 Å². The second kappa shape index (κ2) is 14.3. The zero-order chi connectivity index (χ0) is 35.6. The van der Waals surface area contributed by atoms with Crippen molar-refractivity contribution >= 4 is 46.3 Å². The van der Waals surface area contributed by atoms with Crippen LogP contribution in [0.15, 0.2) is 64.0 Å². The lowest BCUT2D eigenvalue weighted by Crippen LogP contribution is -2.70. The molecule has 0 saturated heterocycles. The molecule has 4 aliphatic rings. The standard InChI is InChI=1S/C37H42N4O9/c1-21-26-9-4-6-12-29(26)50-32(21)34(45)38-27(10-5-7-13-31(43)48-2)33(44)39-28-11-8-14-41(35(28)46)20-30(42)40-37(36(47)49-3)24-16-22-15-23(18-24)19-25(37)17-22/h4,6-9,11-14,22-25,27H,5,10,15-20H2,1-3H3,(H,38,45)(H,39,44)(H,40,42)/b13-7+/t22?,23?,24?,25?,27-,37?/m0/s1. The van der Waals surface area contributed by atoms with Gasteiger partial charge >= 0.3 is 11.9 Å². The molecule has 4 bridgehead atoms. The minimum atomic E-state index is -1.13. The van der Waals surface area contributed by atoms with E-state index in [2.05, 4.69) is 20.7 Å². The predicted octanol–water partition coefficient (Wildman–Crippen LogP) is 3.63. The van der Waals surface area contributed by atoms with Gasteiger partial charge in [0.25, 0.3) is 11.5 Å². The SMILES string of the molecule is COC(=O)/C=C/CC[C@H](NC(=O)c1oc2ccccc2c1C)C(=O)Nc1cccn(CC(=O)NC2(C(=O)OC)C3CC4CC(C3)CC2C4)c1=O. The number of nitrogens with one attached hydrogen (secondary N) is 3. The van der Waals surface area contributed by atoms with E-state index in [1.807, 2.05) is 12.1 Å². The minimum absolute atomic E-state index is 0.0181. The number of fused-ring (bicyclic) bond motifs is 1. The number of allylic oxidation sites excluding steroid dienone is 1. The summed E-state index contributed by atoms with van der Waals surface area (Å²) in [7, 11) is 2.58. The number of rotatable bonds is 12. The van der Waals surface area contributed by atoms with E-state index >= 15 is 0 Å². The molecular weight excluding hydrogens is 644 g/mol. The molecule has 50 heavy (non-hydrogen) atoms. The number of hydrogen-bond donors (Lipinski definition) is 3. The lowest BCUT2D eigenvalue weighted by Gasteiger charge is -2.59. The summed E-state index contributed by atoms with van der Waals surface area (Å²) < 4.78 is 16.8. The molecule has 4 aliphatic carbocycles. The first-order chi connectivity index (χ1) is 24.0. The van der Waals surface area contributed by atoms with E-state index in [9.17, 15) is 28.8 Å². The Morgan fingerprint density at radius 3 is 2.34 bits per heavy atom. The van der Waals surface area contributed by atoms with Crippen LogP contribution in [0.4, 0.5) is 5.69 Å². The fraction of sp³-hybridized carbons (Fsp3) is 0.459. The zero-order valence-electron chi connectivity index (χ0n) is 28.4. The van der Waals surface area contributed by atoms with E-state index in [-0.39, 0.29) is 42.7 Å². The minimum Gasteiger partial charge on any atom is -0.467 e. The molecule has 2 aromatic heterocycles. The highest BCUT2D eigenvalue weighted by atomic mass is 16.5. The van der Waals surface area contributed by atoms with E-state index in [1.54, 1.807) is 19.1 Å².